The molecule has 0 radical (unpaired) electrons. The Bertz CT molecular complexity index is 976. The van der Waals surface area contributed by atoms with E-state index in [1.165, 1.54) is 0 Å². The molecular formula is C19H16Cl2N4O2. The average Bonchev–Trinajstić information content (AvgIpc) is 3.17. The molecule has 0 unspecified atom stereocenters. The number of halogens is 2. The van der Waals surface area contributed by atoms with E-state index in [4.69, 9.17) is 32.8 Å². The Hall–Kier alpha value is -2.57. The summed E-state index contributed by atoms with van der Waals surface area (Å²) >= 11 is 12.2. The van der Waals surface area contributed by atoms with E-state index < -0.39 is 0 Å². The first kappa shape index (κ1) is 17.8. The van der Waals surface area contributed by atoms with E-state index in [1.807, 2.05) is 41.8 Å². The van der Waals surface area contributed by atoms with Gasteiger partial charge in [-0.2, -0.15) is 0 Å². The molecule has 6 nitrogen and oxygen atoms in total. The molecule has 0 saturated carbocycles. The molecule has 8 heteroatoms. The number of oxime groups is 1. The van der Waals surface area contributed by atoms with E-state index in [1.54, 1.807) is 24.8 Å². The first-order valence-corrected chi connectivity index (χ1v) is 9.13. The second kappa shape index (κ2) is 7.58. The molecule has 3 aromatic rings. The van der Waals surface area contributed by atoms with Crippen molar-refractivity contribution in [3.05, 3.63) is 76.3 Å². The van der Waals surface area contributed by atoms with Crippen molar-refractivity contribution in [3.8, 4) is 5.75 Å². The Balaban J connectivity index is 1.66. The number of para-hydroxylation sites is 1. The molecule has 27 heavy (non-hydrogen) atoms. The minimum Gasteiger partial charge on any atom is -0.487 e. The maximum atomic E-state index is 6.21. The lowest BCUT2D eigenvalue weighted by Crippen LogP contribution is -2.37. The molecule has 4 rings (SSSR count). The average molecular weight is 403 g/mol. The summed E-state index contributed by atoms with van der Waals surface area (Å²) in [4.78, 5) is 5.66. The van der Waals surface area contributed by atoms with Gasteiger partial charge < -0.3 is 14.1 Å². The number of fused-ring (bicyclic) bond motifs is 1. The maximum absolute atomic E-state index is 6.21. The van der Waals surface area contributed by atoms with Gasteiger partial charge in [-0.3, -0.25) is 0 Å². The SMILES string of the molecule is C[C@@H]1Oc2ccccc2/C(=N/OCc2ccc(Cl)cc2Cl)[C@@H]1n1cnnc1. The predicted molar refractivity (Wildman–Crippen MR) is 103 cm³/mol. The zero-order valence-corrected chi connectivity index (χ0v) is 15.9. The van der Waals surface area contributed by atoms with Crippen LogP contribution in [0, 0.1) is 0 Å². The van der Waals surface area contributed by atoms with Crippen LogP contribution in [0.15, 0.2) is 60.3 Å². The molecule has 0 bridgehead atoms. The highest BCUT2D eigenvalue weighted by atomic mass is 35.5. The highest BCUT2D eigenvalue weighted by molar-refractivity contribution is 6.35. The van der Waals surface area contributed by atoms with Crippen LogP contribution in [0.25, 0.3) is 0 Å². The summed E-state index contributed by atoms with van der Waals surface area (Å²) < 4.78 is 7.91. The third-order valence-corrected chi connectivity index (χ3v) is 4.94. The monoisotopic (exact) mass is 402 g/mol. The van der Waals surface area contributed by atoms with Crippen molar-refractivity contribution in [1.29, 1.82) is 0 Å². The molecule has 0 spiro atoms. The summed E-state index contributed by atoms with van der Waals surface area (Å²) in [6, 6.07) is 12.8. The van der Waals surface area contributed by atoms with Crippen molar-refractivity contribution in [3.63, 3.8) is 0 Å². The molecule has 138 valence electrons. The molecule has 1 aliphatic rings. The van der Waals surface area contributed by atoms with Gasteiger partial charge >= 0.3 is 0 Å². The quantitative estimate of drug-likeness (QED) is 0.601. The minimum atomic E-state index is -0.212. The first-order chi connectivity index (χ1) is 13.1. The fourth-order valence-electron chi connectivity index (χ4n) is 3.08. The first-order valence-electron chi connectivity index (χ1n) is 8.37. The van der Waals surface area contributed by atoms with E-state index in [0.29, 0.717) is 10.0 Å². The smallest absolute Gasteiger partial charge is 0.143 e. The number of ether oxygens (including phenoxy) is 1. The number of benzene rings is 2. The van der Waals surface area contributed by atoms with E-state index in [9.17, 15) is 0 Å². The van der Waals surface area contributed by atoms with Crippen LogP contribution in [-0.4, -0.2) is 26.6 Å². The van der Waals surface area contributed by atoms with Crippen molar-refractivity contribution < 1.29 is 9.57 Å². The van der Waals surface area contributed by atoms with Crippen molar-refractivity contribution in [2.75, 3.05) is 0 Å². The Kier molecular flexibility index (Phi) is 5.01. The number of hydrogen-bond donors (Lipinski definition) is 0. The molecule has 2 heterocycles. The summed E-state index contributed by atoms with van der Waals surface area (Å²) in [6.45, 7) is 2.21. The van der Waals surface area contributed by atoms with Gasteiger partial charge in [0, 0.05) is 21.2 Å². The molecule has 1 aromatic heterocycles. The van der Waals surface area contributed by atoms with E-state index in [-0.39, 0.29) is 18.8 Å². The molecule has 1 aliphatic heterocycles. The summed E-state index contributed by atoms with van der Waals surface area (Å²) in [5.74, 6) is 0.765. The lowest BCUT2D eigenvalue weighted by molar-refractivity contribution is 0.122. The minimum absolute atomic E-state index is 0.169. The van der Waals surface area contributed by atoms with Gasteiger partial charge in [0.15, 0.2) is 0 Å². The van der Waals surface area contributed by atoms with Crippen molar-refractivity contribution >= 4 is 28.9 Å². The van der Waals surface area contributed by atoms with Crippen LogP contribution < -0.4 is 4.74 Å². The second-order valence-electron chi connectivity index (χ2n) is 6.16. The summed E-state index contributed by atoms with van der Waals surface area (Å²) in [6.07, 6.45) is 3.12. The third-order valence-electron chi connectivity index (χ3n) is 4.36. The Morgan fingerprint density at radius 1 is 1.15 bits per heavy atom. The fraction of sp³-hybridized carbons (Fsp3) is 0.211. The molecule has 2 atom stereocenters. The molecule has 0 saturated heterocycles. The lowest BCUT2D eigenvalue weighted by atomic mass is 9.95. The molecule has 2 aromatic carbocycles. The van der Waals surface area contributed by atoms with Gasteiger partial charge in [-0.1, -0.05) is 46.6 Å². The van der Waals surface area contributed by atoms with E-state index in [2.05, 4.69) is 15.4 Å². The van der Waals surface area contributed by atoms with Crippen molar-refractivity contribution in [2.24, 2.45) is 5.16 Å². The van der Waals surface area contributed by atoms with Gasteiger partial charge in [-0.15, -0.1) is 10.2 Å². The van der Waals surface area contributed by atoms with Crippen LogP contribution in [0.1, 0.15) is 24.1 Å². The number of nitrogens with zero attached hydrogens (tertiary/aromatic N) is 4. The topological polar surface area (TPSA) is 61.5 Å². The number of aromatic nitrogens is 3. The second-order valence-corrected chi connectivity index (χ2v) is 7.00. The predicted octanol–water partition coefficient (Wildman–Crippen LogP) is 4.53. The van der Waals surface area contributed by atoms with Crippen molar-refractivity contribution in [1.82, 2.24) is 14.8 Å². The Morgan fingerprint density at radius 3 is 2.70 bits per heavy atom. The normalized spacial score (nSPS) is 20.2. The maximum Gasteiger partial charge on any atom is 0.143 e. The highest BCUT2D eigenvalue weighted by Gasteiger charge is 2.34. The zero-order chi connectivity index (χ0) is 18.8. The summed E-state index contributed by atoms with van der Waals surface area (Å²) in [7, 11) is 0. The van der Waals surface area contributed by atoms with Crippen LogP contribution in [-0.2, 0) is 11.4 Å². The lowest BCUT2D eigenvalue weighted by Gasteiger charge is -2.32. The van der Waals surface area contributed by atoms with Crippen LogP contribution in [0.4, 0.5) is 0 Å². The number of rotatable bonds is 4. The summed E-state index contributed by atoms with van der Waals surface area (Å²) in [5.41, 5.74) is 2.42. The zero-order valence-electron chi connectivity index (χ0n) is 14.4. The van der Waals surface area contributed by atoms with Crippen molar-refractivity contribution in [2.45, 2.75) is 25.7 Å². The molecule has 0 aliphatic carbocycles. The van der Waals surface area contributed by atoms with Crippen LogP contribution >= 0.6 is 23.2 Å². The van der Waals surface area contributed by atoms with Gasteiger partial charge in [0.2, 0.25) is 0 Å². The number of hydrogen-bond acceptors (Lipinski definition) is 5. The van der Waals surface area contributed by atoms with Gasteiger partial charge in [0.1, 0.15) is 42.9 Å². The van der Waals surface area contributed by atoms with E-state index >= 15 is 0 Å². The molecule has 0 amide bonds. The van der Waals surface area contributed by atoms with Gasteiger partial charge in [0.25, 0.3) is 0 Å². The van der Waals surface area contributed by atoms with Gasteiger partial charge in [0.05, 0.1) is 0 Å². The van der Waals surface area contributed by atoms with Crippen LogP contribution in [0.5, 0.6) is 5.75 Å². The standard InChI is InChI=1S/C19H16Cl2N4O2/c1-12-19(25-10-22-23-11-25)18(15-4-2-3-5-17(15)27-12)24-26-9-13-6-7-14(20)8-16(13)21/h2-8,10-12,19H,9H2,1H3/b24-18-/t12-,19+/m0/s1. The van der Waals surface area contributed by atoms with E-state index in [0.717, 1.165) is 22.6 Å². The third kappa shape index (κ3) is 3.63. The molecule has 0 fully saturated rings. The molecule has 0 N–H and O–H groups in total. The molecular weight excluding hydrogens is 387 g/mol. The summed E-state index contributed by atoms with van der Waals surface area (Å²) in [5, 5.41) is 13.4. The highest BCUT2D eigenvalue weighted by Crippen LogP contribution is 2.34. The largest absolute Gasteiger partial charge is 0.487 e. The fourth-order valence-corrected chi connectivity index (χ4v) is 3.54. The van der Waals surface area contributed by atoms with Crippen LogP contribution in [0.3, 0.4) is 0 Å². The van der Waals surface area contributed by atoms with Crippen LogP contribution in [0.2, 0.25) is 10.0 Å². The Labute approximate surface area is 166 Å². The van der Waals surface area contributed by atoms with Gasteiger partial charge in [-0.25, -0.2) is 0 Å². The van der Waals surface area contributed by atoms with Gasteiger partial charge in [-0.05, 0) is 31.2 Å². The Morgan fingerprint density at radius 2 is 1.93 bits per heavy atom.